The predicted octanol–water partition coefficient (Wildman–Crippen LogP) is 2.42. The van der Waals surface area contributed by atoms with Gasteiger partial charge < -0.3 is 10.5 Å². The number of aliphatic imine (C=N–C) groups is 1. The molecule has 17 heavy (non-hydrogen) atoms. The lowest BCUT2D eigenvalue weighted by atomic mass is 10.1. The van der Waals surface area contributed by atoms with Crippen molar-refractivity contribution in [2.75, 3.05) is 13.2 Å². The molecule has 1 aromatic rings. The Hall–Kier alpha value is -1.06. The summed E-state index contributed by atoms with van der Waals surface area (Å²) in [4.78, 5) is 4.54. The summed E-state index contributed by atoms with van der Waals surface area (Å²) in [6, 6.07) is 8.08. The van der Waals surface area contributed by atoms with E-state index in [9.17, 15) is 0 Å². The molecule has 3 nitrogen and oxygen atoms in total. The maximum Gasteiger partial charge on any atom is 0.183 e. The highest BCUT2D eigenvalue weighted by Gasteiger charge is 2.19. The molecule has 92 valence electrons. The summed E-state index contributed by atoms with van der Waals surface area (Å²) < 4.78 is 5.53. The van der Waals surface area contributed by atoms with E-state index in [2.05, 4.69) is 4.99 Å². The minimum Gasteiger partial charge on any atom is -0.479 e. The summed E-state index contributed by atoms with van der Waals surface area (Å²) in [5.74, 6) is 0.840. The Bertz CT molecular complexity index is 406. The monoisotopic (exact) mass is 252 g/mol. The van der Waals surface area contributed by atoms with Gasteiger partial charge in [0.25, 0.3) is 0 Å². The fourth-order valence-electron chi connectivity index (χ4n) is 1.88. The number of halogens is 1. The number of benzene rings is 1. The van der Waals surface area contributed by atoms with Crippen LogP contribution in [0.15, 0.2) is 29.3 Å². The third-order valence-electron chi connectivity index (χ3n) is 2.78. The van der Waals surface area contributed by atoms with Crippen molar-refractivity contribution in [1.29, 1.82) is 0 Å². The van der Waals surface area contributed by atoms with Crippen molar-refractivity contribution in [1.82, 2.24) is 0 Å². The van der Waals surface area contributed by atoms with Crippen molar-refractivity contribution < 1.29 is 4.74 Å². The van der Waals surface area contributed by atoms with Crippen LogP contribution in [0.1, 0.15) is 18.4 Å². The molecule has 0 aromatic heterocycles. The highest BCUT2D eigenvalue weighted by atomic mass is 35.5. The Balaban J connectivity index is 1.93. The molecular weight excluding hydrogens is 236 g/mol. The number of rotatable bonds is 5. The molecule has 0 spiro atoms. The summed E-state index contributed by atoms with van der Waals surface area (Å²) in [5.41, 5.74) is 6.59. The zero-order valence-electron chi connectivity index (χ0n) is 9.73. The van der Waals surface area contributed by atoms with Crippen molar-refractivity contribution in [3.8, 4) is 0 Å². The van der Waals surface area contributed by atoms with E-state index < -0.39 is 0 Å². The smallest absolute Gasteiger partial charge is 0.183 e. The largest absolute Gasteiger partial charge is 0.479 e. The molecule has 0 saturated carbocycles. The van der Waals surface area contributed by atoms with E-state index in [1.54, 1.807) is 0 Å². The number of hydrogen-bond donors (Lipinski definition) is 1. The van der Waals surface area contributed by atoms with Gasteiger partial charge in [-0.15, -0.1) is 0 Å². The molecule has 4 heteroatoms. The average Bonchev–Trinajstić information content (AvgIpc) is 2.77. The van der Waals surface area contributed by atoms with Crippen LogP contribution in [-0.4, -0.2) is 25.1 Å². The first-order chi connectivity index (χ1) is 8.29. The molecular formula is C13H17ClN2O. The molecule has 0 radical (unpaired) electrons. The molecule has 2 rings (SSSR count). The van der Waals surface area contributed by atoms with Gasteiger partial charge in [0.05, 0.1) is 6.04 Å². The summed E-state index contributed by atoms with van der Waals surface area (Å²) in [7, 11) is 0. The molecule has 1 aliphatic heterocycles. The fraction of sp³-hybridized carbons (Fsp3) is 0.462. The lowest BCUT2D eigenvalue weighted by molar-refractivity contribution is 0.308. The van der Waals surface area contributed by atoms with E-state index in [0.717, 1.165) is 35.7 Å². The van der Waals surface area contributed by atoms with Crippen LogP contribution in [0.5, 0.6) is 0 Å². The molecule has 2 N–H and O–H groups in total. The highest BCUT2D eigenvalue weighted by molar-refractivity contribution is 6.31. The summed E-state index contributed by atoms with van der Waals surface area (Å²) in [6.45, 7) is 1.34. The second-order valence-electron chi connectivity index (χ2n) is 4.18. The van der Waals surface area contributed by atoms with Crippen LogP contribution in [0.3, 0.4) is 0 Å². The van der Waals surface area contributed by atoms with E-state index in [1.165, 1.54) is 0 Å². The zero-order chi connectivity index (χ0) is 12.1. The molecule has 1 aliphatic rings. The van der Waals surface area contributed by atoms with E-state index in [-0.39, 0.29) is 6.04 Å². The number of nitrogens with two attached hydrogens (primary N) is 1. The van der Waals surface area contributed by atoms with Gasteiger partial charge in [0.15, 0.2) is 5.90 Å². The maximum atomic E-state index is 6.12. The zero-order valence-corrected chi connectivity index (χ0v) is 10.5. The van der Waals surface area contributed by atoms with E-state index in [0.29, 0.717) is 13.2 Å². The van der Waals surface area contributed by atoms with Gasteiger partial charge in [0, 0.05) is 11.4 Å². The Kier molecular flexibility index (Phi) is 4.40. The Morgan fingerprint density at radius 1 is 1.41 bits per heavy atom. The van der Waals surface area contributed by atoms with Gasteiger partial charge in [-0.1, -0.05) is 29.8 Å². The molecule has 0 amide bonds. The molecule has 0 saturated heterocycles. The van der Waals surface area contributed by atoms with E-state index in [4.69, 9.17) is 22.1 Å². The summed E-state index contributed by atoms with van der Waals surface area (Å²) in [6.07, 6.45) is 2.61. The van der Waals surface area contributed by atoms with E-state index in [1.807, 2.05) is 24.3 Å². The third kappa shape index (κ3) is 3.45. The van der Waals surface area contributed by atoms with Crippen LogP contribution >= 0.6 is 11.6 Å². The van der Waals surface area contributed by atoms with Crippen LogP contribution in [0.2, 0.25) is 5.02 Å². The standard InChI is InChI=1S/C13H17ClN2O/c14-12-5-2-1-4-10(12)8-11-9-17-13(16-11)6-3-7-15/h1-2,4-5,11H,3,6-9,15H2. The van der Waals surface area contributed by atoms with Crippen molar-refractivity contribution >= 4 is 17.5 Å². The van der Waals surface area contributed by atoms with Crippen molar-refractivity contribution in [2.45, 2.75) is 25.3 Å². The van der Waals surface area contributed by atoms with Gasteiger partial charge in [0.1, 0.15) is 6.61 Å². The lowest BCUT2D eigenvalue weighted by Crippen LogP contribution is -2.10. The molecule has 0 bridgehead atoms. The molecule has 1 atom stereocenters. The van der Waals surface area contributed by atoms with Gasteiger partial charge in [-0.05, 0) is 31.0 Å². The minimum absolute atomic E-state index is 0.197. The Morgan fingerprint density at radius 3 is 3.00 bits per heavy atom. The SMILES string of the molecule is NCCCC1=NC(Cc2ccccc2Cl)CO1. The van der Waals surface area contributed by atoms with Crippen molar-refractivity contribution in [3.63, 3.8) is 0 Å². The quantitative estimate of drug-likeness (QED) is 0.875. The molecule has 1 unspecified atom stereocenters. The number of hydrogen-bond acceptors (Lipinski definition) is 3. The van der Waals surface area contributed by atoms with Gasteiger partial charge in [0.2, 0.25) is 0 Å². The highest BCUT2D eigenvalue weighted by Crippen LogP contribution is 2.20. The summed E-state index contributed by atoms with van der Waals surface area (Å²) >= 11 is 6.12. The number of nitrogens with zero attached hydrogens (tertiary/aromatic N) is 1. The summed E-state index contributed by atoms with van der Waals surface area (Å²) in [5, 5.41) is 0.804. The Labute approximate surface area is 107 Å². The second kappa shape index (κ2) is 6.03. The first-order valence-electron chi connectivity index (χ1n) is 5.92. The first kappa shape index (κ1) is 12.4. The number of ether oxygens (including phenoxy) is 1. The molecule has 0 aliphatic carbocycles. The lowest BCUT2D eigenvalue weighted by Gasteiger charge is -2.06. The van der Waals surface area contributed by atoms with Crippen LogP contribution < -0.4 is 5.73 Å². The fourth-order valence-corrected chi connectivity index (χ4v) is 2.10. The van der Waals surface area contributed by atoms with Gasteiger partial charge in [-0.25, -0.2) is 4.99 Å². The Morgan fingerprint density at radius 2 is 2.24 bits per heavy atom. The average molecular weight is 253 g/mol. The predicted molar refractivity (Wildman–Crippen MR) is 70.6 cm³/mol. The van der Waals surface area contributed by atoms with Crippen molar-refractivity contribution in [3.05, 3.63) is 34.9 Å². The van der Waals surface area contributed by atoms with Crippen LogP contribution in [0.25, 0.3) is 0 Å². The van der Waals surface area contributed by atoms with Crippen molar-refractivity contribution in [2.24, 2.45) is 10.7 Å². The molecule has 1 heterocycles. The van der Waals surface area contributed by atoms with Gasteiger partial charge in [-0.3, -0.25) is 0 Å². The molecule has 0 fully saturated rings. The topological polar surface area (TPSA) is 47.6 Å². The second-order valence-corrected chi connectivity index (χ2v) is 4.58. The molecule has 1 aromatic carbocycles. The van der Waals surface area contributed by atoms with E-state index >= 15 is 0 Å². The van der Waals surface area contributed by atoms with Gasteiger partial charge >= 0.3 is 0 Å². The van der Waals surface area contributed by atoms with Gasteiger partial charge in [-0.2, -0.15) is 0 Å². The maximum absolute atomic E-state index is 6.12. The van der Waals surface area contributed by atoms with Crippen LogP contribution in [0, 0.1) is 0 Å². The third-order valence-corrected chi connectivity index (χ3v) is 3.15. The van der Waals surface area contributed by atoms with Crippen LogP contribution in [-0.2, 0) is 11.2 Å². The first-order valence-corrected chi connectivity index (χ1v) is 6.30. The normalized spacial score (nSPS) is 18.9. The minimum atomic E-state index is 0.197. The van der Waals surface area contributed by atoms with Crippen LogP contribution in [0.4, 0.5) is 0 Å².